The number of hydrogen-bond acceptors (Lipinski definition) is 5. The number of nitrogens with zero attached hydrogens (tertiary/aromatic N) is 2. The largest absolute Gasteiger partial charge is 0.438 e. The Hall–Kier alpha value is -2.99. The first-order chi connectivity index (χ1) is 13.3. The van der Waals surface area contributed by atoms with Gasteiger partial charge in [-0.3, -0.25) is 4.79 Å². The topological polar surface area (TPSA) is 73.3 Å². The number of nitrogens with one attached hydrogen (secondary N) is 1. The average Bonchev–Trinajstić information content (AvgIpc) is 2.69. The Balaban J connectivity index is 1.48. The van der Waals surface area contributed by atoms with Crippen molar-refractivity contribution in [1.29, 1.82) is 0 Å². The summed E-state index contributed by atoms with van der Waals surface area (Å²) in [6.07, 6.45) is 4.00. The van der Waals surface area contributed by atoms with E-state index in [2.05, 4.69) is 15.3 Å². The van der Waals surface area contributed by atoms with Gasteiger partial charge in [0.25, 0.3) is 0 Å². The molecule has 2 aromatic carbocycles. The van der Waals surface area contributed by atoms with Crippen LogP contribution in [-0.4, -0.2) is 29.1 Å². The molecule has 0 bridgehead atoms. The molecule has 6 nitrogen and oxygen atoms in total. The number of para-hydroxylation sites is 1. The Morgan fingerprint density at radius 2 is 2.07 bits per heavy atom. The summed E-state index contributed by atoms with van der Waals surface area (Å²) in [5.74, 6) is 1.50. The van der Waals surface area contributed by atoms with Gasteiger partial charge in [-0.25, -0.2) is 9.97 Å². The zero-order valence-corrected chi connectivity index (χ0v) is 14.9. The second-order valence-electron chi connectivity index (χ2n) is 6.66. The molecule has 138 valence electrons. The van der Waals surface area contributed by atoms with Crippen LogP contribution in [0.5, 0.6) is 11.6 Å². The molecule has 1 aliphatic heterocycles. The third-order valence-electron chi connectivity index (χ3n) is 4.57. The Kier molecular flexibility index (Phi) is 5.25. The van der Waals surface area contributed by atoms with Gasteiger partial charge in [0.1, 0.15) is 12.1 Å². The lowest BCUT2D eigenvalue weighted by Crippen LogP contribution is -2.23. The smallest absolute Gasteiger partial charge is 0.230 e. The van der Waals surface area contributed by atoms with Crippen molar-refractivity contribution in [3.8, 4) is 11.6 Å². The first-order valence-electron chi connectivity index (χ1n) is 9.13. The highest BCUT2D eigenvalue weighted by atomic mass is 16.5. The predicted molar refractivity (Wildman–Crippen MR) is 103 cm³/mol. The van der Waals surface area contributed by atoms with E-state index in [1.165, 1.54) is 6.33 Å². The lowest BCUT2D eigenvalue weighted by atomic mass is 9.98. The molecular formula is C21H21N3O3. The lowest BCUT2D eigenvalue weighted by Gasteiger charge is -2.21. The normalized spacial score (nSPS) is 16.8. The molecule has 1 aliphatic rings. The third-order valence-corrected chi connectivity index (χ3v) is 4.57. The minimum atomic E-state index is -0.000310. The van der Waals surface area contributed by atoms with Gasteiger partial charge in [-0.1, -0.05) is 18.2 Å². The molecule has 1 saturated heterocycles. The second kappa shape index (κ2) is 8.14. The fourth-order valence-electron chi connectivity index (χ4n) is 3.23. The molecule has 27 heavy (non-hydrogen) atoms. The summed E-state index contributed by atoms with van der Waals surface area (Å²) >= 11 is 0. The van der Waals surface area contributed by atoms with Crippen LogP contribution in [-0.2, 0) is 9.53 Å². The maximum Gasteiger partial charge on any atom is 0.230 e. The minimum absolute atomic E-state index is 0.000310. The molecule has 1 atom stereocenters. The van der Waals surface area contributed by atoms with Gasteiger partial charge in [-0.2, -0.15) is 0 Å². The van der Waals surface area contributed by atoms with Gasteiger partial charge >= 0.3 is 0 Å². The molecule has 1 aromatic heterocycles. The Morgan fingerprint density at radius 3 is 2.89 bits per heavy atom. The Morgan fingerprint density at radius 1 is 1.19 bits per heavy atom. The standard InChI is InChI=1S/C21H21N3O3/c25-20(11-15-5-4-10-26-13-15)24-16-8-9-18-19(12-16)22-14-23-21(18)27-17-6-2-1-3-7-17/h1-3,6-9,12,14-15H,4-5,10-11,13H2,(H,24,25). The molecule has 0 radical (unpaired) electrons. The molecule has 1 unspecified atom stereocenters. The van der Waals surface area contributed by atoms with Crippen LogP contribution < -0.4 is 10.1 Å². The number of fused-ring (bicyclic) bond motifs is 1. The van der Waals surface area contributed by atoms with E-state index in [0.29, 0.717) is 36.3 Å². The van der Waals surface area contributed by atoms with Crippen molar-refractivity contribution in [2.45, 2.75) is 19.3 Å². The maximum atomic E-state index is 12.3. The second-order valence-corrected chi connectivity index (χ2v) is 6.66. The van der Waals surface area contributed by atoms with Crippen LogP contribution in [0.15, 0.2) is 54.9 Å². The highest BCUT2D eigenvalue weighted by molar-refractivity contribution is 5.94. The Labute approximate surface area is 157 Å². The quantitative estimate of drug-likeness (QED) is 0.736. The van der Waals surface area contributed by atoms with E-state index in [-0.39, 0.29) is 5.91 Å². The van der Waals surface area contributed by atoms with Crippen LogP contribution >= 0.6 is 0 Å². The first kappa shape index (κ1) is 17.4. The lowest BCUT2D eigenvalue weighted by molar-refractivity contribution is -0.118. The summed E-state index contributed by atoms with van der Waals surface area (Å²) < 4.78 is 11.3. The van der Waals surface area contributed by atoms with Crippen molar-refractivity contribution in [2.75, 3.05) is 18.5 Å². The Bertz CT molecular complexity index is 924. The first-order valence-corrected chi connectivity index (χ1v) is 9.13. The number of anilines is 1. The summed E-state index contributed by atoms with van der Waals surface area (Å²) in [6, 6.07) is 15.0. The van der Waals surface area contributed by atoms with Crippen LogP contribution in [0.1, 0.15) is 19.3 Å². The number of carbonyl (C=O) groups excluding carboxylic acids is 1. The van der Waals surface area contributed by atoms with E-state index in [1.54, 1.807) is 0 Å². The monoisotopic (exact) mass is 363 g/mol. The molecule has 6 heteroatoms. The molecule has 0 spiro atoms. The molecule has 3 aromatic rings. The van der Waals surface area contributed by atoms with Gasteiger partial charge in [0.15, 0.2) is 0 Å². The molecule has 1 fully saturated rings. The van der Waals surface area contributed by atoms with Crippen molar-refractivity contribution in [1.82, 2.24) is 9.97 Å². The van der Waals surface area contributed by atoms with E-state index in [1.807, 2.05) is 48.5 Å². The number of carbonyl (C=O) groups is 1. The number of aromatic nitrogens is 2. The zero-order chi connectivity index (χ0) is 18.5. The average molecular weight is 363 g/mol. The number of hydrogen-bond donors (Lipinski definition) is 1. The van der Waals surface area contributed by atoms with Crippen molar-refractivity contribution in [2.24, 2.45) is 5.92 Å². The molecule has 1 N–H and O–H groups in total. The van der Waals surface area contributed by atoms with Crippen molar-refractivity contribution >= 4 is 22.5 Å². The van der Waals surface area contributed by atoms with Gasteiger partial charge in [0, 0.05) is 25.3 Å². The number of ether oxygens (including phenoxy) is 2. The van der Waals surface area contributed by atoms with Crippen molar-refractivity contribution in [3.63, 3.8) is 0 Å². The van der Waals surface area contributed by atoms with Crippen LogP contribution in [0.4, 0.5) is 5.69 Å². The SMILES string of the molecule is O=C(CC1CCCOC1)Nc1ccc2c(Oc3ccccc3)ncnc2c1. The summed E-state index contributed by atoms with van der Waals surface area (Å²) in [5.41, 5.74) is 1.43. The summed E-state index contributed by atoms with van der Waals surface area (Å²) in [4.78, 5) is 20.8. The van der Waals surface area contributed by atoms with E-state index in [0.717, 1.165) is 30.4 Å². The predicted octanol–water partition coefficient (Wildman–Crippen LogP) is 4.18. The van der Waals surface area contributed by atoms with Crippen LogP contribution in [0, 0.1) is 5.92 Å². The third kappa shape index (κ3) is 4.41. The minimum Gasteiger partial charge on any atom is -0.438 e. The van der Waals surface area contributed by atoms with E-state index in [4.69, 9.17) is 9.47 Å². The van der Waals surface area contributed by atoms with Gasteiger partial charge < -0.3 is 14.8 Å². The number of rotatable bonds is 5. The maximum absolute atomic E-state index is 12.3. The molecule has 1 amide bonds. The van der Waals surface area contributed by atoms with Crippen LogP contribution in [0.3, 0.4) is 0 Å². The summed E-state index contributed by atoms with van der Waals surface area (Å²) in [6.45, 7) is 1.47. The van der Waals surface area contributed by atoms with E-state index < -0.39 is 0 Å². The van der Waals surface area contributed by atoms with Gasteiger partial charge in [0.2, 0.25) is 11.8 Å². The summed E-state index contributed by atoms with van der Waals surface area (Å²) in [5, 5.41) is 3.75. The highest BCUT2D eigenvalue weighted by Crippen LogP contribution is 2.28. The molecular weight excluding hydrogens is 342 g/mol. The summed E-state index contributed by atoms with van der Waals surface area (Å²) in [7, 11) is 0. The fourth-order valence-corrected chi connectivity index (χ4v) is 3.23. The fraction of sp³-hybridized carbons (Fsp3) is 0.286. The van der Waals surface area contributed by atoms with E-state index in [9.17, 15) is 4.79 Å². The molecule has 0 saturated carbocycles. The molecule has 0 aliphatic carbocycles. The van der Waals surface area contributed by atoms with Crippen LogP contribution in [0.2, 0.25) is 0 Å². The zero-order valence-electron chi connectivity index (χ0n) is 14.9. The van der Waals surface area contributed by atoms with E-state index >= 15 is 0 Å². The number of benzene rings is 2. The molecule has 2 heterocycles. The van der Waals surface area contributed by atoms with Gasteiger partial charge in [-0.15, -0.1) is 0 Å². The van der Waals surface area contributed by atoms with Crippen molar-refractivity contribution in [3.05, 3.63) is 54.9 Å². The number of amides is 1. The molecule has 4 rings (SSSR count). The van der Waals surface area contributed by atoms with Crippen LogP contribution in [0.25, 0.3) is 10.9 Å². The van der Waals surface area contributed by atoms with Gasteiger partial charge in [0.05, 0.1) is 10.9 Å². The highest BCUT2D eigenvalue weighted by Gasteiger charge is 2.18. The van der Waals surface area contributed by atoms with Crippen molar-refractivity contribution < 1.29 is 14.3 Å². The van der Waals surface area contributed by atoms with Gasteiger partial charge in [-0.05, 0) is 49.1 Å².